The van der Waals surface area contributed by atoms with E-state index in [-0.39, 0.29) is 18.1 Å². The number of ether oxygens (including phenoxy) is 2. The molecule has 0 bridgehead atoms. The van der Waals surface area contributed by atoms with Crippen LogP contribution in [0.15, 0.2) is 46.0 Å². The third-order valence-corrected chi connectivity index (χ3v) is 3.86. The number of hydrogen-bond acceptors (Lipinski definition) is 5. The first-order valence-electron chi connectivity index (χ1n) is 7.05. The molecule has 0 aliphatic carbocycles. The molecule has 0 spiro atoms. The zero-order valence-electron chi connectivity index (χ0n) is 13.2. The average molecular weight is 393 g/mol. The number of halogens is 1. The summed E-state index contributed by atoms with van der Waals surface area (Å²) in [4.78, 5) is 11.9. The lowest BCUT2D eigenvalue weighted by atomic mass is 10.1. The number of amides is 1. The number of hydrogen-bond donors (Lipinski definition) is 2. The number of hydrazone groups is 1. The number of rotatable bonds is 6. The zero-order valence-corrected chi connectivity index (χ0v) is 14.8. The molecule has 0 fully saturated rings. The van der Waals surface area contributed by atoms with Gasteiger partial charge in [0.2, 0.25) is 5.91 Å². The van der Waals surface area contributed by atoms with Crippen molar-refractivity contribution in [1.29, 1.82) is 0 Å². The summed E-state index contributed by atoms with van der Waals surface area (Å²) >= 11 is 3.41. The van der Waals surface area contributed by atoms with Gasteiger partial charge < -0.3 is 14.6 Å². The van der Waals surface area contributed by atoms with E-state index < -0.39 is 0 Å². The molecule has 24 heavy (non-hydrogen) atoms. The highest BCUT2D eigenvalue weighted by Crippen LogP contribution is 2.32. The molecule has 0 unspecified atom stereocenters. The number of phenolic OH excluding ortho intramolecular Hbond substituents is 1. The van der Waals surface area contributed by atoms with Crippen LogP contribution in [0.5, 0.6) is 17.2 Å². The van der Waals surface area contributed by atoms with E-state index in [0.29, 0.717) is 17.1 Å². The SMILES string of the molecule is COc1cc(Br)c(C=NNC(=O)Cc2cccc(O)c2)cc1OC. The van der Waals surface area contributed by atoms with Crippen LogP contribution in [0.25, 0.3) is 0 Å². The van der Waals surface area contributed by atoms with Gasteiger partial charge in [-0.25, -0.2) is 5.43 Å². The molecule has 0 aliphatic heterocycles. The smallest absolute Gasteiger partial charge is 0.244 e. The molecule has 2 rings (SSSR count). The summed E-state index contributed by atoms with van der Waals surface area (Å²) in [6, 6.07) is 10.0. The maximum atomic E-state index is 11.9. The van der Waals surface area contributed by atoms with Gasteiger partial charge in [-0.1, -0.05) is 12.1 Å². The molecule has 0 saturated heterocycles. The zero-order chi connectivity index (χ0) is 17.5. The minimum absolute atomic E-state index is 0.123. The second-order valence-electron chi connectivity index (χ2n) is 4.87. The molecular formula is C17H17BrN2O4. The van der Waals surface area contributed by atoms with E-state index in [2.05, 4.69) is 26.5 Å². The van der Waals surface area contributed by atoms with Gasteiger partial charge in [-0.2, -0.15) is 5.10 Å². The number of methoxy groups -OCH3 is 2. The van der Waals surface area contributed by atoms with Crippen molar-refractivity contribution in [3.8, 4) is 17.2 Å². The Hall–Kier alpha value is -2.54. The van der Waals surface area contributed by atoms with Crippen molar-refractivity contribution >= 4 is 28.1 Å². The summed E-state index contributed by atoms with van der Waals surface area (Å²) in [6.45, 7) is 0. The van der Waals surface area contributed by atoms with Gasteiger partial charge in [0.15, 0.2) is 11.5 Å². The lowest BCUT2D eigenvalue weighted by molar-refractivity contribution is -0.120. The number of benzene rings is 2. The molecule has 0 aliphatic rings. The summed E-state index contributed by atoms with van der Waals surface area (Å²) in [5.74, 6) is 0.995. The quantitative estimate of drug-likeness (QED) is 0.584. The summed E-state index contributed by atoms with van der Waals surface area (Å²) in [5.41, 5.74) is 3.88. The second-order valence-corrected chi connectivity index (χ2v) is 5.72. The molecule has 2 aromatic rings. The Labute approximate surface area is 148 Å². The summed E-state index contributed by atoms with van der Waals surface area (Å²) in [6.07, 6.45) is 1.63. The van der Waals surface area contributed by atoms with E-state index >= 15 is 0 Å². The van der Waals surface area contributed by atoms with Crippen LogP contribution in [-0.4, -0.2) is 31.4 Å². The van der Waals surface area contributed by atoms with Crippen molar-refractivity contribution in [2.24, 2.45) is 5.10 Å². The van der Waals surface area contributed by atoms with Gasteiger partial charge in [-0.05, 0) is 45.8 Å². The fraction of sp³-hybridized carbons (Fsp3) is 0.176. The van der Waals surface area contributed by atoms with Crippen molar-refractivity contribution in [2.45, 2.75) is 6.42 Å². The number of aromatic hydroxyl groups is 1. The number of nitrogens with one attached hydrogen (secondary N) is 1. The van der Waals surface area contributed by atoms with Crippen LogP contribution in [0.4, 0.5) is 0 Å². The number of carbonyl (C=O) groups excluding carboxylic acids is 1. The van der Waals surface area contributed by atoms with Gasteiger partial charge in [0, 0.05) is 10.0 Å². The predicted molar refractivity (Wildman–Crippen MR) is 94.8 cm³/mol. The van der Waals surface area contributed by atoms with Gasteiger partial charge in [0.05, 0.1) is 26.9 Å². The maximum Gasteiger partial charge on any atom is 0.244 e. The monoisotopic (exact) mass is 392 g/mol. The second kappa shape index (κ2) is 8.35. The van der Waals surface area contributed by atoms with E-state index in [1.54, 1.807) is 44.6 Å². The molecule has 0 radical (unpaired) electrons. The van der Waals surface area contributed by atoms with Crippen LogP contribution >= 0.6 is 15.9 Å². The van der Waals surface area contributed by atoms with Crippen molar-refractivity contribution in [2.75, 3.05) is 14.2 Å². The largest absolute Gasteiger partial charge is 0.508 e. The van der Waals surface area contributed by atoms with Crippen molar-refractivity contribution in [1.82, 2.24) is 5.43 Å². The third kappa shape index (κ3) is 4.73. The Balaban J connectivity index is 2.02. The highest BCUT2D eigenvalue weighted by atomic mass is 79.9. The Kier molecular flexibility index (Phi) is 6.20. The molecule has 2 N–H and O–H groups in total. The molecule has 6 nitrogen and oxygen atoms in total. The van der Waals surface area contributed by atoms with E-state index in [4.69, 9.17) is 9.47 Å². The molecule has 126 valence electrons. The molecule has 0 saturated carbocycles. The fourth-order valence-electron chi connectivity index (χ4n) is 2.03. The van der Waals surface area contributed by atoms with Crippen LogP contribution in [0.1, 0.15) is 11.1 Å². The van der Waals surface area contributed by atoms with Crippen LogP contribution < -0.4 is 14.9 Å². The molecular weight excluding hydrogens is 376 g/mol. The third-order valence-electron chi connectivity index (χ3n) is 3.17. The summed E-state index contributed by atoms with van der Waals surface area (Å²) < 4.78 is 11.2. The number of phenols is 1. The van der Waals surface area contributed by atoms with Crippen LogP contribution in [0.3, 0.4) is 0 Å². The van der Waals surface area contributed by atoms with Gasteiger partial charge in [-0.3, -0.25) is 4.79 Å². The summed E-state index contributed by atoms with van der Waals surface area (Å²) in [5, 5.41) is 13.3. The Morgan fingerprint density at radius 1 is 1.25 bits per heavy atom. The lowest BCUT2D eigenvalue weighted by Gasteiger charge is -2.09. The Morgan fingerprint density at radius 2 is 1.96 bits per heavy atom. The van der Waals surface area contributed by atoms with Crippen molar-refractivity contribution < 1.29 is 19.4 Å². The number of carbonyl (C=O) groups is 1. The average Bonchev–Trinajstić information content (AvgIpc) is 2.55. The van der Waals surface area contributed by atoms with E-state index in [1.807, 2.05) is 0 Å². The van der Waals surface area contributed by atoms with E-state index in [9.17, 15) is 9.90 Å². The van der Waals surface area contributed by atoms with Crippen molar-refractivity contribution in [3.05, 3.63) is 52.0 Å². The fourth-order valence-corrected chi connectivity index (χ4v) is 2.46. The van der Waals surface area contributed by atoms with Crippen LogP contribution in [-0.2, 0) is 11.2 Å². The summed E-state index contributed by atoms with van der Waals surface area (Å²) in [7, 11) is 3.10. The minimum atomic E-state index is -0.284. The highest BCUT2D eigenvalue weighted by molar-refractivity contribution is 9.10. The maximum absolute atomic E-state index is 11.9. The van der Waals surface area contributed by atoms with Crippen LogP contribution in [0.2, 0.25) is 0 Å². The Morgan fingerprint density at radius 3 is 2.62 bits per heavy atom. The molecule has 0 aromatic heterocycles. The normalized spacial score (nSPS) is 10.6. The molecule has 1 amide bonds. The van der Waals surface area contributed by atoms with Gasteiger partial charge in [-0.15, -0.1) is 0 Å². The molecule has 0 atom stereocenters. The topological polar surface area (TPSA) is 80.2 Å². The van der Waals surface area contributed by atoms with Crippen LogP contribution in [0, 0.1) is 0 Å². The number of nitrogens with zero attached hydrogens (tertiary/aromatic N) is 1. The molecule has 7 heteroatoms. The van der Waals surface area contributed by atoms with E-state index in [0.717, 1.165) is 10.0 Å². The first kappa shape index (κ1) is 17.8. The van der Waals surface area contributed by atoms with E-state index in [1.165, 1.54) is 12.3 Å². The molecule has 2 aromatic carbocycles. The van der Waals surface area contributed by atoms with Gasteiger partial charge >= 0.3 is 0 Å². The first-order valence-corrected chi connectivity index (χ1v) is 7.84. The Bertz CT molecular complexity index is 762. The van der Waals surface area contributed by atoms with Gasteiger partial charge in [0.1, 0.15) is 5.75 Å². The highest BCUT2D eigenvalue weighted by Gasteiger charge is 2.08. The first-order chi connectivity index (χ1) is 11.5. The van der Waals surface area contributed by atoms with Crippen molar-refractivity contribution in [3.63, 3.8) is 0 Å². The lowest BCUT2D eigenvalue weighted by Crippen LogP contribution is -2.19. The minimum Gasteiger partial charge on any atom is -0.508 e. The predicted octanol–water partition coefficient (Wildman–Crippen LogP) is 2.86. The molecule has 0 heterocycles. The standard InChI is InChI=1S/C17H17BrN2O4/c1-23-15-8-12(14(18)9-16(15)24-2)10-19-20-17(22)7-11-4-3-5-13(21)6-11/h3-6,8-10,21H,7H2,1-2H3,(H,20,22). The van der Waals surface area contributed by atoms with Gasteiger partial charge in [0.25, 0.3) is 0 Å².